The van der Waals surface area contributed by atoms with Gasteiger partial charge in [0.1, 0.15) is 0 Å². The van der Waals surface area contributed by atoms with Gasteiger partial charge >= 0.3 is 0 Å². The van der Waals surface area contributed by atoms with E-state index in [4.69, 9.17) is 11.6 Å². The van der Waals surface area contributed by atoms with Crippen molar-refractivity contribution in [2.24, 2.45) is 0 Å². The number of hydrogen-bond acceptors (Lipinski definition) is 2. The number of nitrogens with one attached hydrogen (secondary N) is 1. The van der Waals surface area contributed by atoms with Crippen LogP contribution in [0.2, 0.25) is 5.02 Å². The van der Waals surface area contributed by atoms with Crippen molar-refractivity contribution in [3.8, 4) is 0 Å². The second kappa shape index (κ2) is 7.78. The van der Waals surface area contributed by atoms with Gasteiger partial charge in [-0.15, -0.1) is 0 Å². The quantitative estimate of drug-likeness (QED) is 0.814. The molecule has 1 aromatic carbocycles. The lowest BCUT2D eigenvalue weighted by molar-refractivity contribution is 0.218. The number of rotatable bonds is 7. The van der Waals surface area contributed by atoms with Crippen LogP contribution in [0.25, 0.3) is 0 Å². The fourth-order valence-electron chi connectivity index (χ4n) is 2.01. The summed E-state index contributed by atoms with van der Waals surface area (Å²) in [6.45, 7) is 8.52. The van der Waals surface area contributed by atoms with Crippen molar-refractivity contribution in [1.29, 1.82) is 0 Å². The molecule has 2 nitrogen and oxygen atoms in total. The highest BCUT2D eigenvalue weighted by Crippen LogP contribution is 2.17. The predicted molar refractivity (Wildman–Crippen MR) is 80.1 cm³/mol. The number of hydrogen-bond donors (Lipinski definition) is 1. The molecule has 0 bridgehead atoms. The highest BCUT2D eigenvalue weighted by molar-refractivity contribution is 6.31. The summed E-state index contributed by atoms with van der Waals surface area (Å²) in [7, 11) is 2.17. The summed E-state index contributed by atoms with van der Waals surface area (Å²) >= 11 is 6.20. The zero-order valence-electron chi connectivity index (χ0n) is 11.9. The Labute approximate surface area is 116 Å². The first kappa shape index (κ1) is 15.5. The van der Waals surface area contributed by atoms with Crippen LogP contribution in [0.15, 0.2) is 24.3 Å². The zero-order chi connectivity index (χ0) is 13.5. The van der Waals surface area contributed by atoms with Gasteiger partial charge in [-0.2, -0.15) is 0 Å². The van der Waals surface area contributed by atoms with Crippen LogP contribution in [-0.2, 0) is 6.54 Å². The smallest absolute Gasteiger partial charge is 0.0451 e. The average Bonchev–Trinajstić information content (AvgIpc) is 2.32. The van der Waals surface area contributed by atoms with Gasteiger partial charge in [-0.05, 0) is 25.1 Å². The maximum Gasteiger partial charge on any atom is 0.0451 e. The molecule has 0 radical (unpaired) electrons. The summed E-state index contributed by atoms with van der Waals surface area (Å²) < 4.78 is 0. The Bertz CT molecular complexity index is 352. The van der Waals surface area contributed by atoms with E-state index in [2.05, 4.69) is 44.1 Å². The maximum atomic E-state index is 6.20. The fraction of sp³-hybridized carbons (Fsp3) is 0.600. The molecule has 0 aliphatic carbocycles. The van der Waals surface area contributed by atoms with Crippen LogP contribution < -0.4 is 5.32 Å². The molecule has 1 N–H and O–H groups in total. The molecule has 102 valence electrons. The number of likely N-dealkylation sites (N-methyl/N-ethyl adjacent to an activating group) is 1. The van der Waals surface area contributed by atoms with E-state index in [1.54, 1.807) is 0 Å². The van der Waals surface area contributed by atoms with Crippen LogP contribution in [0, 0.1) is 0 Å². The molecule has 0 aliphatic heterocycles. The number of nitrogens with zero attached hydrogens (tertiary/aromatic N) is 1. The molecule has 1 unspecified atom stereocenters. The lowest BCUT2D eigenvalue weighted by Gasteiger charge is -2.28. The summed E-state index contributed by atoms with van der Waals surface area (Å²) in [4.78, 5) is 2.37. The summed E-state index contributed by atoms with van der Waals surface area (Å²) in [6, 6.07) is 9.15. The second-order valence-electron chi connectivity index (χ2n) is 5.13. The molecule has 0 saturated heterocycles. The topological polar surface area (TPSA) is 15.3 Å². The van der Waals surface area contributed by atoms with Gasteiger partial charge in [0.05, 0.1) is 0 Å². The van der Waals surface area contributed by atoms with Crippen molar-refractivity contribution in [1.82, 2.24) is 10.2 Å². The normalized spacial score (nSPS) is 13.3. The van der Waals surface area contributed by atoms with E-state index in [0.717, 1.165) is 24.5 Å². The van der Waals surface area contributed by atoms with Crippen LogP contribution in [0.3, 0.4) is 0 Å². The summed E-state index contributed by atoms with van der Waals surface area (Å²) in [5.74, 6) is 0. The van der Waals surface area contributed by atoms with Gasteiger partial charge in [-0.1, -0.05) is 50.6 Å². The monoisotopic (exact) mass is 268 g/mol. The van der Waals surface area contributed by atoms with Gasteiger partial charge in [-0.3, -0.25) is 4.90 Å². The third kappa shape index (κ3) is 4.97. The Morgan fingerprint density at radius 3 is 2.50 bits per heavy atom. The first-order chi connectivity index (χ1) is 8.54. The molecule has 0 aromatic heterocycles. The van der Waals surface area contributed by atoms with Gasteiger partial charge in [0.15, 0.2) is 0 Å². The minimum absolute atomic E-state index is 0.535. The Hall–Kier alpha value is -0.570. The van der Waals surface area contributed by atoms with E-state index in [-0.39, 0.29) is 0 Å². The Morgan fingerprint density at radius 1 is 1.28 bits per heavy atom. The van der Waals surface area contributed by atoms with E-state index in [9.17, 15) is 0 Å². The molecule has 18 heavy (non-hydrogen) atoms. The van der Waals surface area contributed by atoms with Crippen LogP contribution in [0.1, 0.15) is 32.8 Å². The summed E-state index contributed by atoms with van der Waals surface area (Å²) in [5, 5.41) is 4.36. The summed E-state index contributed by atoms with van der Waals surface area (Å²) in [5.41, 5.74) is 1.20. The molecule has 0 saturated carbocycles. The molecular formula is C15H25ClN2. The predicted octanol–water partition coefficient (Wildman–Crippen LogP) is 3.55. The van der Waals surface area contributed by atoms with E-state index in [1.807, 2.05) is 18.2 Å². The molecule has 1 rings (SSSR count). The van der Waals surface area contributed by atoms with E-state index < -0.39 is 0 Å². The Morgan fingerprint density at radius 2 is 1.94 bits per heavy atom. The fourth-order valence-corrected chi connectivity index (χ4v) is 2.20. The van der Waals surface area contributed by atoms with Crippen molar-refractivity contribution < 1.29 is 0 Å². The van der Waals surface area contributed by atoms with E-state index in [0.29, 0.717) is 12.1 Å². The van der Waals surface area contributed by atoms with Crippen molar-refractivity contribution in [2.45, 2.75) is 45.8 Å². The minimum Gasteiger partial charge on any atom is -0.313 e. The molecule has 0 fully saturated rings. The van der Waals surface area contributed by atoms with Gasteiger partial charge in [0.2, 0.25) is 0 Å². The second-order valence-corrected chi connectivity index (χ2v) is 5.54. The standard InChI is InChI=1S/C15H25ClN2/c1-5-14(10-17-12(2)3)18(4)11-13-8-6-7-9-15(13)16/h6-9,12,14,17H,5,10-11H2,1-4H3. The highest BCUT2D eigenvalue weighted by Gasteiger charge is 2.14. The Balaban J connectivity index is 2.57. The van der Waals surface area contributed by atoms with Gasteiger partial charge in [-0.25, -0.2) is 0 Å². The van der Waals surface area contributed by atoms with Crippen LogP contribution in [0.4, 0.5) is 0 Å². The Kier molecular flexibility index (Phi) is 6.69. The van der Waals surface area contributed by atoms with Crippen molar-refractivity contribution >= 4 is 11.6 Å². The van der Waals surface area contributed by atoms with Crippen LogP contribution in [0.5, 0.6) is 0 Å². The SMILES string of the molecule is CCC(CNC(C)C)N(C)Cc1ccccc1Cl. The van der Waals surface area contributed by atoms with Crippen LogP contribution >= 0.6 is 11.6 Å². The maximum absolute atomic E-state index is 6.20. The van der Waals surface area contributed by atoms with Crippen LogP contribution in [-0.4, -0.2) is 30.6 Å². The molecule has 1 aromatic rings. The molecule has 1 atom stereocenters. The van der Waals surface area contributed by atoms with Gasteiger partial charge in [0.25, 0.3) is 0 Å². The highest BCUT2D eigenvalue weighted by atomic mass is 35.5. The number of halogens is 1. The van der Waals surface area contributed by atoms with Crippen molar-refractivity contribution in [3.63, 3.8) is 0 Å². The van der Waals surface area contributed by atoms with E-state index in [1.165, 1.54) is 5.56 Å². The molecule has 0 heterocycles. The molecule has 0 amide bonds. The largest absolute Gasteiger partial charge is 0.313 e. The summed E-state index contributed by atoms with van der Waals surface area (Å²) in [6.07, 6.45) is 1.14. The number of benzene rings is 1. The molecule has 0 aliphatic rings. The third-order valence-corrected chi connectivity index (χ3v) is 3.60. The van der Waals surface area contributed by atoms with Crippen molar-refractivity contribution in [3.05, 3.63) is 34.9 Å². The molecule has 0 spiro atoms. The molecule has 3 heteroatoms. The lowest BCUT2D eigenvalue weighted by Crippen LogP contribution is -2.41. The van der Waals surface area contributed by atoms with Gasteiger partial charge in [0, 0.05) is 30.2 Å². The average molecular weight is 269 g/mol. The first-order valence-electron chi connectivity index (χ1n) is 6.71. The minimum atomic E-state index is 0.535. The third-order valence-electron chi connectivity index (χ3n) is 3.23. The van der Waals surface area contributed by atoms with E-state index >= 15 is 0 Å². The zero-order valence-corrected chi connectivity index (χ0v) is 12.7. The molecular weight excluding hydrogens is 244 g/mol. The lowest BCUT2D eigenvalue weighted by atomic mass is 10.1. The first-order valence-corrected chi connectivity index (χ1v) is 7.09. The van der Waals surface area contributed by atoms with Gasteiger partial charge < -0.3 is 5.32 Å². The van der Waals surface area contributed by atoms with Crippen molar-refractivity contribution in [2.75, 3.05) is 13.6 Å².